The number of rotatable bonds is 6. The van der Waals surface area contributed by atoms with E-state index in [2.05, 4.69) is 19.2 Å². The summed E-state index contributed by atoms with van der Waals surface area (Å²) in [6.45, 7) is 6.61. The molecule has 3 rings (SSSR count). The van der Waals surface area contributed by atoms with Crippen molar-refractivity contribution in [3.63, 3.8) is 0 Å². The highest BCUT2D eigenvalue weighted by Crippen LogP contribution is 2.45. The first-order valence-electron chi connectivity index (χ1n) is 11.7. The van der Waals surface area contributed by atoms with Crippen molar-refractivity contribution in [2.24, 2.45) is 39.9 Å². The molecular formula is C23H46N4. The Labute approximate surface area is 167 Å². The molecule has 7 N–H and O–H groups in total. The molecule has 3 saturated carbocycles. The van der Waals surface area contributed by atoms with Crippen molar-refractivity contribution in [1.82, 2.24) is 5.32 Å². The van der Waals surface area contributed by atoms with E-state index in [1.165, 1.54) is 64.2 Å². The molecule has 158 valence electrons. The van der Waals surface area contributed by atoms with Crippen LogP contribution in [-0.4, -0.2) is 31.2 Å². The molecule has 4 heteroatoms. The van der Waals surface area contributed by atoms with Crippen LogP contribution < -0.4 is 22.5 Å². The second kappa shape index (κ2) is 9.11. The summed E-state index contributed by atoms with van der Waals surface area (Å²) < 4.78 is 0. The zero-order valence-corrected chi connectivity index (χ0v) is 18.0. The molecule has 0 radical (unpaired) electrons. The van der Waals surface area contributed by atoms with Gasteiger partial charge in [-0.15, -0.1) is 0 Å². The summed E-state index contributed by atoms with van der Waals surface area (Å²) in [6, 6.07) is 1.50. The summed E-state index contributed by atoms with van der Waals surface area (Å²) in [6.07, 6.45) is 15.7. The van der Waals surface area contributed by atoms with E-state index in [-0.39, 0.29) is 5.41 Å². The van der Waals surface area contributed by atoms with Crippen molar-refractivity contribution in [2.45, 2.75) is 109 Å². The van der Waals surface area contributed by atoms with Crippen LogP contribution in [0.25, 0.3) is 0 Å². The van der Waals surface area contributed by atoms with Crippen molar-refractivity contribution in [2.75, 3.05) is 13.1 Å². The lowest BCUT2D eigenvalue weighted by molar-refractivity contribution is 0.0702. The lowest BCUT2D eigenvalue weighted by Gasteiger charge is -2.47. The average molecular weight is 379 g/mol. The van der Waals surface area contributed by atoms with Crippen molar-refractivity contribution < 1.29 is 0 Å². The number of nitrogens with two attached hydrogens (primary N) is 3. The highest BCUT2D eigenvalue weighted by Gasteiger charge is 2.42. The van der Waals surface area contributed by atoms with Gasteiger partial charge >= 0.3 is 0 Å². The molecule has 0 aromatic carbocycles. The normalized spacial score (nSPS) is 46.3. The highest BCUT2D eigenvalue weighted by molar-refractivity contribution is 4.97. The second-order valence-corrected chi connectivity index (χ2v) is 11.3. The molecule has 0 spiro atoms. The molecule has 0 aromatic rings. The third-order valence-corrected chi connectivity index (χ3v) is 8.08. The molecule has 3 atom stereocenters. The van der Waals surface area contributed by atoms with Gasteiger partial charge in [0.15, 0.2) is 0 Å². The van der Waals surface area contributed by atoms with E-state index in [4.69, 9.17) is 17.2 Å². The fraction of sp³-hybridized carbons (Fsp3) is 1.00. The fourth-order valence-corrected chi connectivity index (χ4v) is 6.69. The Balaban J connectivity index is 1.39. The van der Waals surface area contributed by atoms with Crippen LogP contribution in [0.5, 0.6) is 0 Å². The predicted octanol–water partition coefficient (Wildman–Crippen LogP) is 3.52. The van der Waals surface area contributed by atoms with Gasteiger partial charge in [0, 0.05) is 24.7 Å². The molecule has 0 bridgehead atoms. The molecule has 0 aromatic heterocycles. The van der Waals surface area contributed by atoms with Crippen molar-refractivity contribution >= 4 is 0 Å². The Hall–Kier alpha value is -0.160. The Kier molecular flexibility index (Phi) is 7.27. The van der Waals surface area contributed by atoms with Crippen LogP contribution in [-0.2, 0) is 0 Å². The molecular weight excluding hydrogens is 332 g/mol. The van der Waals surface area contributed by atoms with E-state index in [0.717, 1.165) is 37.8 Å². The Morgan fingerprint density at radius 1 is 0.778 bits per heavy atom. The molecule has 3 fully saturated rings. The van der Waals surface area contributed by atoms with Crippen LogP contribution in [0.4, 0.5) is 0 Å². The van der Waals surface area contributed by atoms with Crippen LogP contribution in [0.3, 0.4) is 0 Å². The van der Waals surface area contributed by atoms with E-state index in [9.17, 15) is 0 Å². The SMILES string of the molecule is CC1(CN)CC(N)CC(C)(CNC2CCC(CC3CCC(N)CC3)CC2)C1. The smallest absolute Gasteiger partial charge is 0.00674 e. The van der Waals surface area contributed by atoms with Crippen LogP contribution >= 0.6 is 0 Å². The van der Waals surface area contributed by atoms with Gasteiger partial charge in [-0.2, -0.15) is 0 Å². The Morgan fingerprint density at radius 2 is 1.33 bits per heavy atom. The van der Waals surface area contributed by atoms with Gasteiger partial charge in [-0.05, 0) is 106 Å². The maximum absolute atomic E-state index is 6.39. The van der Waals surface area contributed by atoms with Crippen LogP contribution in [0, 0.1) is 22.7 Å². The van der Waals surface area contributed by atoms with Crippen molar-refractivity contribution in [3.8, 4) is 0 Å². The zero-order chi connectivity index (χ0) is 19.5. The van der Waals surface area contributed by atoms with Crippen LogP contribution in [0.15, 0.2) is 0 Å². The Morgan fingerprint density at radius 3 is 1.93 bits per heavy atom. The summed E-state index contributed by atoms with van der Waals surface area (Å²) >= 11 is 0. The molecule has 3 unspecified atom stereocenters. The minimum atomic E-state index is 0.217. The van der Waals surface area contributed by atoms with E-state index < -0.39 is 0 Å². The fourth-order valence-electron chi connectivity index (χ4n) is 6.69. The second-order valence-electron chi connectivity index (χ2n) is 11.3. The quantitative estimate of drug-likeness (QED) is 0.569. The summed E-state index contributed by atoms with van der Waals surface area (Å²) in [5, 5.41) is 3.93. The number of hydrogen-bond acceptors (Lipinski definition) is 4. The summed E-state index contributed by atoms with van der Waals surface area (Å²) in [5.74, 6) is 1.91. The first kappa shape index (κ1) is 21.5. The van der Waals surface area contributed by atoms with Gasteiger partial charge in [-0.1, -0.05) is 13.8 Å². The standard InChI is InChI=1S/C23H46N4/c1-22(15-24)12-20(26)13-23(2,14-22)16-27-21-9-5-18(6-10-21)11-17-3-7-19(25)8-4-17/h17-21,27H,3-16,24-26H2,1-2H3. The third kappa shape index (κ3) is 6.16. The van der Waals surface area contributed by atoms with Gasteiger partial charge in [0.1, 0.15) is 0 Å². The summed E-state index contributed by atoms with van der Waals surface area (Å²) in [4.78, 5) is 0. The lowest BCUT2D eigenvalue weighted by Crippen LogP contribution is -2.51. The molecule has 0 saturated heterocycles. The van der Waals surface area contributed by atoms with Gasteiger partial charge in [0.2, 0.25) is 0 Å². The maximum atomic E-state index is 6.39. The maximum Gasteiger partial charge on any atom is 0.00674 e. The monoisotopic (exact) mass is 378 g/mol. The minimum absolute atomic E-state index is 0.217. The molecule has 0 aliphatic heterocycles. The highest BCUT2D eigenvalue weighted by atomic mass is 14.9. The van der Waals surface area contributed by atoms with Crippen molar-refractivity contribution in [1.29, 1.82) is 0 Å². The molecule has 27 heavy (non-hydrogen) atoms. The molecule has 3 aliphatic carbocycles. The van der Waals surface area contributed by atoms with E-state index >= 15 is 0 Å². The largest absolute Gasteiger partial charge is 0.330 e. The van der Waals surface area contributed by atoms with Crippen molar-refractivity contribution in [3.05, 3.63) is 0 Å². The van der Waals surface area contributed by atoms with Gasteiger partial charge < -0.3 is 22.5 Å². The number of hydrogen-bond donors (Lipinski definition) is 4. The van der Waals surface area contributed by atoms with Crippen LogP contribution in [0.2, 0.25) is 0 Å². The summed E-state index contributed by atoms with van der Waals surface area (Å²) in [5.41, 5.74) is 19.0. The first-order valence-corrected chi connectivity index (χ1v) is 11.7. The molecule has 3 aliphatic rings. The van der Waals surface area contributed by atoms with E-state index in [1.54, 1.807) is 0 Å². The van der Waals surface area contributed by atoms with Gasteiger partial charge in [0.25, 0.3) is 0 Å². The minimum Gasteiger partial charge on any atom is -0.330 e. The summed E-state index contributed by atoms with van der Waals surface area (Å²) in [7, 11) is 0. The van der Waals surface area contributed by atoms with Gasteiger partial charge in [0.05, 0.1) is 0 Å². The predicted molar refractivity (Wildman–Crippen MR) is 115 cm³/mol. The Bertz CT molecular complexity index is 453. The van der Waals surface area contributed by atoms with E-state index in [1.807, 2.05) is 0 Å². The molecule has 0 amide bonds. The number of nitrogens with one attached hydrogen (secondary N) is 1. The first-order chi connectivity index (χ1) is 12.8. The zero-order valence-electron chi connectivity index (χ0n) is 18.0. The van der Waals surface area contributed by atoms with Gasteiger partial charge in [-0.25, -0.2) is 0 Å². The van der Waals surface area contributed by atoms with E-state index in [0.29, 0.717) is 23.5 Å². The topological polar surface area (TPSA) is 90.1 Å². The van der Waals surface area contributed by atoms with Gasteiger partial charge in [-0.3, -0.25) is 0 Å². The molecule has 0 heterocycles. The van der Waals surface area contributed by atoms with Crippen LogP contribution in [0.1, 0.15) is 90.9 Å². The average Bonchev–Trinajstić information content (AvgIpc) is 2.62. The third-order valence-electron chi connectivity index (χ3n) is 8.08. The lowest BCUT2D eigenvalue weighted by atomic mass is 9.62. The molecule has 4 nitrogen and oxygen atoms in total.